The molecule has 1 atom stereocenters. The Balaban J connectivity index is 3.16. The lowest BCUT2D eigenvalue weighted by Crippen LogP contribution is -2.17. The quantitative estimate of drug-likeness (QED) is 0.596. The molecule has 0 aliphatic rings. The van der Waals surface area contributed by atoms with Crippen molar-refractivity contribution in [2.75, 3.05) is 0 Å². The maximum absolute atomic E-state index is 12.6. The highest BCUT2D eigenvalue weighted by Crippen LogP contribution is 2.38. The highest BCUT2D eigenvalue weighted by Gasteiger charge is 2.31. The van der Waals surface area contributed by atoms with Crippen molar-refractivity contribution < 1.29 is 13.2 Å². The van der Waals surface area contributed by atoms with E-state index in [4.69, 9.17) is 0 Å². The van der Waals surface area contributed by atoms with Crippen LogP contribution in [0.25, 0.3) is 0 Å². The third-order valence-electron chi connectivity index (χ3n) is 3.03. The standard InChI is InChI=1S/C16H21F3/c1-11(2)10-14(15(3,4)5)12-6-8-13(9-7-12)16(17,18)19/h6-10,14H,1-5H3. The van der Waals surface area contributed by atoms with Crippen molar-refractivity contribution >= 4 is 0 Å². The van der Waals surface area contributed by atoms with Crippen molar-refractivity contribution in [3.05, 3.63) is 47.0 Å². The van der Waals surface area contributed by atoms with Gasteiger partial charge in [-0.2, -0.15) is 13.2 Å². The van der Waals surface area contributed by atoms with E-state index in [1.165, 1.54) is 5.57 Å². The fraction of sp³-hybridized carbons (Fsp3) is 0.500. The van der Waals surface area contributed by atoms with Crippen LogP contribution < -0.4 is 0 Å². The zero-order chi connectivity index (χ0) is 14.8. The van der Waals surface area contributed by atoms with E-state index in [1.54, 1.807) is 12.1 Å². The van der Waals surface area contributed by atoms with E-state index >= 15 is 0 Å². The SMILES string of the molecule is CC(C)=CC(c1ccc(C(F)(F)F)cc1)C(C)(C)C. The lowest BCUT2D eigenvalue weighted by Gasteiger charge is -2.29. The zero-order valence-corrected chi connectivity index (χ0v) is 12.1. The number of halogens is 3. The second-order valence-electron chi connectivity index (χ2n) is 6.21. The zero-order valence-electron chi connectivity index (χ0n) is 12.1. The summed E-state index contributed by atoms with van der Waals surface area (Å²) >= 11 is 0. The molecule has 0 bridgehead atoms. The van der Waals surface area contributed by atoms with Crippen LogP contribution in [0.4, 0.5) is 13.2 Å². The normalized spacial score (nSPS) is 14.1. The summed E-state index contributed by atoms with van der Waals surface area (Å²) in [7, 11) is 0. The van der Waals surface area contributed by atoms with Crippen LogP contribution in [-0.2, 0) is 6.18 Å². The van der Waals surface area contributed by atoms with Crippen molar-refractivity contribution in [1.29, 1.82) is 0 Å². The largest absolute Gasteiger partial charge is 0.416 e. The summed E-state index contributed by atoms with van der Waals surface area (Å²) in [6, 6.07) is 5.48. The molecule has 106 valence electrons. The van der Waals surface area contributed by atoms with E-state index in [-0.39, 0.29) is 11.3 Å². The first kappa shape index (κ1) is 15.8. The second-order valence-corrected chi connectivity index (χ2v) is 6.21. The number of hydrogen-bond acceptors (Lipinski definition) is 0. The summed E-state index contributed by atoms with van der Waals surface area (Å²) in [5.74, 6) is 0.111. The van der Waals surface area contributed by atoms with E-state index in [0.29, 0.717) is 0 Å². The van der Waals surface area contributed by atoms with Gasteiger partial charge in [-0.05, 0) is 37.0 Å². The summed E-state index contributed by atoms with van der Waals surface area (Å²) in [5, 5.41) is 0. The van der Waals surface area contributed by atoms with Gasteiger partial charge in [0.1, 0.15) is 0 Å². The number of benzene rings is 1. The Morgan fingerprint density at radius 3 is 1.79 bits per heavy atom. The van der Waals surface area contributed by atoms with Crippen molar-refractivity contribution in [3.8, 4) is 0 Å². The van der Waals surface area contributed by atoms with Gasteiger partial charge in [0.25, 0.3) is 0 Å². The Labute approximate surface area is 113 Å². The van der Waals surface area contributed by atoms with Crippen LogP contribution in [0, 0.1) is 5.41 Å². The molecule has 0 radical (unpaired) electrons. The topological polar surface area (TPSA) is 0 Å². The monoisotopic (exact) mass is 270 g/mol. The number of hydrogen-bond donors (Lipinski definition) is 0. The molecular formula is C16H21F3. The first-order valence-electron chi connectivity index (χ1n) is 6.34. The molecule has 1 unspecified atom stereocenters. The Morgan fingerprint density at radius 1 is 1.00 bits per heavy atom. The van der Waals surface area contributed by atoms with Gasteiger partial charge in [-0.1, -0.05) is 44.6 Å². The molecule has 0 spiro atoms. The van der Waals surface area contributed by atoms with Gasteiger partial charge < -0.3 is 0 Å². The van der Waals surface area contributed by atoms with Crippen LogP contribution in [0.5, 0.6) is 0 Å². The molecule has 0 aromatic heterocycles. The van der Waals surface area contributed by atoms with Crippen LogP contribution in [0.2, 0.25) is 0 Å². The summed E-state index contributed by atoms with van der Waals surface area (Å²) in [6.45, 7) is 10.3. The molecule has 1 aromatic carbocycles. The van der Waals surface area contributed by atoms with E-state index in [0.717, 1.165) is 17.7 Å². The molecular weight excluding hydrogens is 249 g/mol. The van der Waals surface area contributed by atoms with Gasteiger partial charge in [0.05, 0.1) is 5.56 Å². The molecule has 0 saturated heterocycles. The van der Waals surface area contributed by atoms with Crippen LogP contribution in [-0.4, -0.2) is 0 Å². The third kappa shape index (κ3) is 4.41. The van der Waals surface area contributed by atoms with Crippen LogP contribution in [0.3, 0.4) is 0 Å². The van der Waals surface area contributed by atoms with E-state index in [2.05, 4.69) is 26.8 Å². The van der Waals surface area contributed by atoms with Gasteiger partial charge in [-0.25, -0.2) is 0 Å². The Bertz CT molecular complexity index is 440. The van der Waals surface area contributed by atoms with Crippen LogP contribution in [0.1, 0.15) is 51.7 Å². The van der Waals surface area contributed by atoms with Gasteiger partial charge in [-0.15, -0.1) is 0 Å². The molecule has 0 nitrogen and oxygen atoms in total. The average Bonchev–Trinajstić information content (AvgIpc) is 2.23. The van der Waals surface area contributed by atoms with Crippen molar-refractivity contribution in [3.63, 3.8) is 0 Å². The third-order valence-corrected chi connectivity index (χ3v) is 3.03. The molecule has 0 saturated carbocycles. The minimum Gasteiger partial charge on any atom is -0.166 e. The summed E-state index contributed by atoms with van der Waals surface area (Å²) in [4.78, 5) is 0. The Kier molecular flexibility index (Phi) is 4.49. The first-order chi connectivity index (χ1) is 8.51. The molecule has 0 heterocycles. The highest BCUT2D eigenvalue weighted by atomic mass is 19.4. The predicted molar refractivity (Wildman–Crippen MR) is 73.1 cm³/mol. The van der Waals surface area contributed by atoms with Gasteiger partial charge in [-0.3, -0.25) is 0 Å². The molecule has 19 heavy (non-hydrogen) atoms. The summed E-state index contributed by atoms with van der Waals surface area (Å²) in [5.41, 5.74) is 1.46. The van der Waals surface area contributed by atoms with Crippen molar-refractivity contribution in [2.24, 2.45) is 5.41 Å². The van der Waals surface area contributed by atoms with Gasteiger partial charge in [0.2, 0.25) is 0 Å². The minimum absolute atomic E-state index is 0.0307. The first-order valence-corrected chi connectivity index (χ1v) is 6.34. The smallest absolute Gasteiger partial charge is 0.166 e. The van der Waals surface area contributed by atoms with Gasteiger partial charge in [0, 0.05) is 5.92 Å². The van der Waals surface area contributed by atoms with Gasteiger partial charge in [0.15, 0.2) is 0 Å². The average molecular weight is 270 g/mol. The second kappa shape index (κ2) is 5.40. The lowest BCUT2D eigenvalue weighted by atomic mass is 9.75. The van der Waals surface area contributed by atoms with E-state index in [9.17, 15) is 13.2 Å². The predicted octanol–water partition coefficient (Wildman–Crippen LogP) is 5.80. The number of rotatable bonds is 2. The highest BCUT2D eigenvalue weighted by molar-refractivity contribution is 5.31. The molecule has 0 aliphatic carbocycles. The minimum atomic E-state index is -4.27. The summed E-state index contributed by atoms with van der Waals surface area (Å²) < 4.78 is 37.7. The van der Waals surface area contributed by atoms with Crippen molar-refractivity contribution in [2.45, 2.75) is 46.7 Å². The van der Waals surface area contributed by atoms with Crippen molar-refractivity contribution in [1.82, 2.24) is 0 Å². The Morgan fingerprint density at radius 2 is 1.47 bits per heavy atom. The Hall–Kier alpha value is -1.25. The maximum atomic E-state index is 12.6. The lowest BCUT2D eigenvalue weighted by molar-refractivity contribution is -0.137. The molecule has 0 fully saturated rings. The fourth-order valence-corrected chi connectivity index (χ4v) is 2.06. The molecule has 1 rings (SSSR count). The summed E-state index contributed by atoms with van der Waals surface area (Å²) in [6.07, 6.45) is -2.16. The molecule has 0 amide bonds. The van der Waals surface area contributed by atoms with E-state index in [1.807, 2.05) is 13.8 Å². The van der Waals surface area contributed by atoms with Gasteiger partial charge >= 0.3 is 6.18 Å². The maximum Gasteiger partial charge on any atom is 0.416 e. The van der Waals surface area contributed by atoms with Crippen LogP contribution in [0.15, 0.2) is 35.9 Å². The van der Waals surface area contributed by atoms with E-state index < -0.39 is 11.7 Å². The molecule has 0 N–H and O–H groups in total. The molecule has 0 aliphatic heterocycles. The fourth-order valence-electron chi connectivity index (χ4n) is 2.06. The molecule has 3 heteroatoms. The number of alkyl halides is 3. The van der Waals surface area contributed by atoms with Crippen LogP contribution >= 0.6 is 0 Å². The molecule has 1 aromatic rings. The number of allylic oxidation sites excluding steroid dienone is 2.